The Hall–Kier alpha value is -1.68. The van der Waals surface area contributed by atoms with Crippen molar-refractivity contribution in [2.24, 2.45) is 5.92 Å². The molecule has 0 bridgehead atoms. The molecule has 19 heavy (non-hydrogen) atoms. The number of rotatable bonds is 5. The highest BCUT2D eigenvalue weighted by Gasteiger charge is 2.06. The molecular formula is C15H22N4. The molecule has 0 aliphatic rings. The predicted octanol–water partition coefficient (Wildman–Crippen LogP) is 2.63. The van der Waals surface area contributed by atoms with Gasteiger partial charge in [-0.05, 0) is 44.0 Å². The Morgan fingerprint density at radius 1 is 1.26 bits per heavy atom. The van der Waals surface area contributed by atoms with Gasteiger partial charge in [-0.25, -0.2) is 9.97 Å². The van der Waals surface area contributed by atoms with Crippen LogP contribution in [0, 0.1) is 19.8 Å². The molecule has 0 unspecified atom stereocenters. The van der Waals surface area contributed by atoms with Crippen molar-refractivity contribution in [3.05, 3.63) is 41.6 Å². The number of nitrogens with zero attached hydrogens (tertiary/aromatic N) is 3. The molecule has 2 aromatic rings. The zero-order valence-electron chi connectivity index (χ0n) is 12.1. The molecule has 0 saturated carbocycles. The summed E-state index contributed by atoms with van der Waals surface area (Å²) in [5, 5.41) is 3.45. The molecule has 102 valence electrons. The summed E-state index contributed by atoms with van der Waals surface area (Å²) in [5.41, 5.74) is 3.43. The summed E-state index contributed by atoms with van der Waals surface area (Å²) in [6.45, 7) is 10.4. The predicted molar refractivity (Wildman–Crippen MR) is 77.4 cm³/mol. The quantitative estimate of drug-likeness (QED) is 0.896. The maximum atomic E-state index is 4.42. The van der Waals surface area contributed by atoms with Crippen LogP contribution in [-0.4, -0.2) is 21.1 Å². The Balaban J connectivity index is 2.13. The Bertz CT molecular complexity index is 543. The highest BCUT2D eigenvalue weighted by molar-refractivity contribution is 5.31. The highest BCUT2D eigenvalue weighted by Crippen LogP contribution is 2.12. The normalized spacial score (nSPS) is 11.2. The molecule has 1 N–H and O–H groups in total. The van der Waals surface area contributed by atoms with Crippen LogP contribution in [0.25, 0.3) is 5.82 Å². The summed E-state index contributed by atoms with van der Waals surface area (Å²) < 4.78 is 2.03. The lowest BCUT2D eigenvalue weighted by Gasteiger charge is -2.09. The SMILES string of the molecule is Cc1ncn(-c2cc(CNCC(C)C)ccn2)c1C. The van der Waals surface area contributed by atoms with E-state index >= 15 is 0 Å². The van der Waals surface area contributed by atoms with Crippen LogP contribution in [-0.2, 0) is 6.54 Å². The van der Waals surface area contributed by atoms with Gasteiger partial charge in [-0.2, -0.15) is 0 Å². The summed E-state index contributed by atoms with van der Waals surface area (Å²) in [7, 11) is 0. The van der Waals surface area contributed by atoms with Crippen molar-refractivity contribution >= 4 is 0 Å². The van der Waals surface area contributed by atoms with Crippen molar-refractivity contribution in [1.29, 1.82) is 0 Å². The molecule has 0 aromatic carbocycles. The van der Waals surface area contributed by atoms with Crippen LogP contribution < -0.4 is 5.32 Å². The summed E-state index contributed by atoms with van der Waals surface area (Å²) in [6, 6.07) is 4.16. The van der Waals surface area contributed by atoms with Gasteiger partial charge in [0.05, 0.1) is 5.69 Å². The van der Waals surface area contributed by atoms with E-state index in [0.29, 0.717) is 5.92 Å². The molecule has 0 aliphatic heterocycles. The van der Waals surface area contributed by atoms with Gasteiger partial charge in [0.25, 0.3) is 0 Å². The minimum absolute atomic E-state index is 0.667. The second-order valence-corrected chi connectivity index (χ2v) is 5.33. The monoisotopic (exact) mass is 258 g/mol. The molecule has 0 aliphatic carbocycles. The molecule has 0 saturated heterocycles. The van der Waals surface area contributed by atoms with Crippen LogP contribution in [0.4, 0.5) is 0 Å². The summed E-state index contributed by atoms with van der Waals surface area (Å²) in [5.74, 6) is 1.60. The summed E-state index contributed by atoms with van der Waals surface area (Å²) in [4.78, 5) is 8.74. The van der Waals surface area contributed by atoms with E-state index in [1.807, 2.05) is 24.0 Å². The lowest BCUT2D eigenvalue weighted by atomic mass is 10.2. The van der Waals surface area contributed by atoms with Gasteiger partial charge in [-0.3, -0.25) is 4.57 Å². The van der Waals surface area contributed by atoms with E-state index in [2.05, 4.69) is 48.2 Å². The van der Waals surface area contributed by atoms with Crippen molar-refractivity contribution in [3.8, 4) is 5.82 Å². The van der Waals surface area contributed by atoms with Crippen LogP contribution in [0.1, 0.15) is 30.8 Å². The number of pyridine rings is 1. The number of aromatic nitrogens is 3. The molecule has 4 heteroatoms. The first-order chi connectivity index (χ1) is 9.08. The van der Waals surface area contributed by atoms with Crippen molar-refractivity contribution in [3.63, 3.8) is 0 Å². The fourth-order valence-corrected chi connectivity index (χ4v) is 1.94. The second-order valence-electron chi connectivity index (χ2n) is 5.33. The lowest BCUT2D eigenvalue weighted by molar-refractivity contribution is 0.552. The van der Waals surface area contributed by atoms with E-state index in [9.17, 15) is 0 Å². The van der Waals surface area contributed by atoms with E-state index in [1.165, 1.54) is 5.56 Å². The molecular weight excluding hydrogens is 236 g/mol. The Labute approximate surface area is 114 Å². The summed E-state index contributed by atoms with van der Waals surface area (Å²) >= 11 is 0. The van der Waals surface area contributed by atoms with Crippen molar-refractivity contribution in [1.82, 2.24) is 19.9 Å². The van der Waals surface area contributed by atoms with Gasteiger partial charge < -0.3 is 5.32 Å². The van der Waals surface area contributed by atoms with Crippen LogP contribution in [0.2, 0.25) is 0 Å². The fraction of sp³-hybridized carbons (Fsp3) is 0.467. The molecule has 2 heterocycles. The maximum Gasteiger partial charge on any atom is 0.138 e. The number of imidazole rings is 1. The third-order valence-corrected chi connectivity index (χ3v) is 3.19. The lowest BCUT2D eigenvalue weighted by Crippen LogP contribution is -2.19. The zero-order chi connectivity index (χ0) is 13.8. The van der Waals surface area contributed by atoms with E-state index in [-0.39, 0.29) is 0 Å². The van der Waals surface area contributed by atoms with Gasteiger partial charge >= 0.3 is 0 Å². The molecule has 0 fully saturated rings. The third kappa shape index (κ3) is 3.41. The van der Waals surface area contributed by atoms with Crippen molar-refractivity contribution < 1.29 is 0 Å². The average molecular weight is 258 g/mol. The summed E-state index contributed by atoms with van der Waals surface area (Å²) in [6.07, 6.45) is 3.69. The largest absolute Gasteiger partial charge is 0.312 e. The van der Waals surface area contributed by atoms with Crippen LogP contribution in [0.5, 0.6) is 0 Å². The molecule has 2 rings (SSSR count). The number of aryl methyl sites for hydroxylation is 1. The third-order valence-electron chi connectivity index (χ3n) is 3.19. The van der Waals surface area contributed by atoms with E-state index < -0.39 is 0 Å². The van der Waals surface area contributed by atoms with Crippen LogP contribution in [0.15, 0.2) is 24.7 Å². The topological polar surface area (TPSA) is 42.7 Å². The van der Waals surface area contributed by atoms with E-state index in [1.54, 1.807) is 0 Å². The van der Waals surface area contributed by atoms with Gasteiger partial charge in [-0.1, -0.05) is 13.8 Å². The zero-order valence-corrected chi connectivity index (χ0v) is 12.1. The Morgan fingerprint density at radius 2 is 2.05 bits per heavy atom. The first-order valence-electron chi connectivity index (χ1n) is 6.74. The highest BCUT2D eigenvalue weighted by atomic mass is 15.1. The molecule has 2 aromatic heterocycles. The van der Waals surface area contributed by atoms with E-state index in [4.69, 9.17) is 0 Å². The molecule has 4 nitrogen and oxygen atoms in total. The standard InChI is InChI=1S/C15H22N4/c1-11(2)8-16-9-14-5-6-17-15(7-14)19-10-18-12(3)13(19)4/h5-7,10-11,16H,8-9H2,1-4H3. The Kier molecular flexibility index (Phi) is 4.32. The number of nitrogens with one attached hydrogen (secondary N) is 1. The van der Waals surface area contributed by atoms with Crippen molar-refractivity contribution in [2.45, 2.75) is 34.2 Å². The first kappa shape index (κ1) is 13.7. The molecule has 0 atom stereocenters. The smallest absolute Gasteiger partial charge is 0.138 e. The maximum absolute atomic E-state index is 4.42. The molecule has 0 amide bonds. The fourth-order valence-electron chi connectivity index (χ4n) is 1.94. The second kappa shape index (κ2) is 5.97. The van der Waals surface area contributed by atoms with E-state index in [0.717, 1.165) is 30.3 Å². The molecule has 0 radical (unpaired) electrons. The first-order valence-corrected chi connectivity index (χ1v) is 6.74. The number of hydrogen-bond donors (Lipinski definition) is 1. The Morgan fingerprint density at radius 3 is 2.68 bits per heavy atom. The van der Waals surface area contributed by atoms with Gasteiger partial charge in [0.15, 0.2) is 0 Å². The minimum atomic E-state index is 0.667. The number of hydrogen-bond acceptors (Lipinski definition) is 3. The molecule has 0 spiro atoms. The van der Waals surface area contributed by atoms with Gasteiger partial charge in [0.1, 0.15) is 12.1 Å². The van der Waals surface area contributed by atoms with Crippen LogP contribution >= 0.6 is 0 Å². The van der Waals surface area contributed by atoms with Crippen molar-refractivity contribution in [2.75, 3.05) is 6.54 Å². The minimum Gasteiger partial charge on any atom is -0.312 e. The average Bonchev–Trinajstić information content (AvgIpc) is 2.70. The van der Waals surface area contributed by atoms with Gasteiger partial charge in [0.2, 0.25) is 0 Å². The van der Waals surface area contributed by atoms with Gasteiger partial charge in [0, 0.05) is 18.4 Å². The van der Waals surface area contributed by atoms with Gasteiger partial charge in [-0.15, -0.1) is 0 Å². The van der Waals surface area contributed by atoms with Crippen LogP contribution in [0.3, 0.4) is 0 Å².